The van der Waals surface area contributed by atoms with E-state index in [0.717, 1.165) is 30.7 Å². The number of unbranched alkanes of at least 4 members (excludes halogenated alkanes) is 1. The van der Waals surface area contributed by atoms with Gasteiger partial charge in [0.1, 0.15) is 12.5 Å². The third kappa shape index (κ3) is 5.96. The minimum absolute atomic E-state index is 0.224. The zero-order valence-corrected chi connectivity index (χ0v) is 15.3. The van der Waals surface area contributed by atoms with Gasteiger partial charge in [-0.2, -0.15) is 0 Å². The number of rotatable bonds is 9. The minimum atomic E-state index is -2.85. The van der Waals surface area contributed by atoms with Crippen LogP contribution in [0.2, 0.25) is 0 Å². The number of benzene rings is 1. The number of nitrogens with one attached hydrogen (secondary N) is 1. The standard InChI is InChI=1S/C17H28N2O4S/c1-3-4-5-17(22-14-18-2)23-16-8-6-15(7-9-16)19-10-12-24(20,21)13-11-19/h6-9,17-18H,3-5,10-14H2,1-2H3. The second kappa shape index (κ2) is 9.25. The highest BCUT2D eigenvalue weighted by Crippen LogP contribution is 2.23. The van der Waals surface area contributed by atoms with Crippen LogP contribution < -0.4 is 15.0 Å². The summed E-state index contributed by atoms with van der Waals surface area (Å²) >= 11 is 0. The lowest BCUT2D eigenvalue weighted by atomic mass is 10.2. The van der Waals surface area contributed by atoms with Crippen molar-refractivity contribution < 1.29 is 17.9 Å². The lowest BCUT2D eigenvalue weighted by Gasteiger charge is -2.29. The largest absolute Gasteiger partial charge is 0.465 e. The van der Waals surface area contributed by atoms with Crippen molar-refractivity contribution in [2.75, 3.05) is 43.3 Å². The average Bonchev–Trinajstić information content (AvgIpc) is 2.58. The molecule has 2 rings (SSSR count). The molecule has 136 valence electrons. The SMILES string of the molecule is CCCCC(OCNC)Oc1ccc(N2CCS(=O)(=O)CC2)cc1. The first kappa shape index (κ1) is 19.0. The summed E-state index contributed by atoms with van der Waals surface area (Å²) in [5, 5.41) is 2.96. The van der Waals surface area contributed by atoms with Crippen LogP contribution in [-0.2, 0) is 14.6 Å². The van der Waals surface area contributed by atoms with Crippen LogP contribution in [0.15, 0.2) is 24.3 Å². The predicted octanol–water partition coefficient (Wildman–Crippen LogP) is 2.01. The van der Waals surface area contributed by atoms with Gasteiger partial charge >= 0.3 is 0 Å². The summed E-state index contributed by atoms with van der Waals surface area (Å²) in [6.45, 7) is 3.69. The van der Waals surface area contributed by atoms with E-state index in [2.05, 4.69) is 17.1 Å². The second-order valence-electron chi connectivity index (χ2n) is 5.99. The summed E-state index contributed by atoms with van der Waals surface area (Å²) in [6.07, 6.45) is 2.74. The summed E-state index contributed by atoms with van der Waals surface area (Å²) in [5.74, 6) is 1.21. The van der Waals surface area contributed by atoms with E-state index >= 15 is 0 Å². The third-order valence-electron chi connectivity index (χ3n) is 4.02. The number of hydrogen-bond acceptors (Lipinski definition) is 6. The van der Waals surface area contributed by atoms with Crippen molar-refractivity contribution in [2.45, 2.75) is 32.5 Å². The highest BCUT2D eigenvalue weighted by molar-refractivity contribution is 7.91. The maximum Gasteiger partial charge on any atom is 0.201 e. The molecule has 0 spiro atoms. The molecule has 1 N–H and O–H groups in total. The molecule has 24 heavy (non-hydrogen) atoms. The van der Waals surface area contributed by atoms with Crippen molar-refractivity contribution in [1.82, 2.24) is 5.32 Å². The molecular weight excluding hydrogens is 328 g/mol. The zero-order valence-electron chi connectivity index (χ0n) is 14.5. The zero-order chi connectivity index (χ0) is 17.4. The van der Waals surface area contributed by atoms with Crippen molar-refractivity contribution in [3.05, 3.63) is 24.3 Å². The number of anilines is 1. The summed E-state index contributed by atoms with van der Waals surface area (Å²) in [6, 6.07) is 7.78. The lowest BCUT2D eigenvalue weighted by Crippen LogP contribution is -2.40. The molecule has 1 atom stereocenters. The quantitative estimate of drug-likeness (QED) is 0.683. The van der Waals surface area contributed by atoms with E-state index in [4.69, 9.17) is 9.47 Å². The molecule has 1 heterocycles. The Kier molecular flexibility index (Phi) is 7.33. The smallest absolute Gasteiger partial charge is 0.201 e. The molecule has 1 aliphatic rings. The van der Waals surface area contributed by atoms with Gasteiger partial charge in [0.05, 0.1) is 11.5 Å². The van der Waals surface area contributed by atoms with Crippen LogP contribution in [0, 0.1) is 0 Å². The molecule has 1 aromatic rings. The Bertz CT molecular complexity index is 567. The first-order valence-corrected chi connectivity index (χ1v) is 10.3. The molecule has 0 amide bonds. The molecule has 0 aromatic heterocycles. The van der Waals surface area contributed by atoms with E-state index in [1.807, 2.05) is 31.3 Å². The van der Waals surface area contributed by atoms with E-state index in [1.54, 1.807) is 0 Å². The van der Waals surface area contributed by atoms with Gasteiger partial charge in [-0.1, -0.05) is 13.3 Å². The molecule has 1 fully saturated rings. The first-order chi connectivity index (χ1) is 11.5. The van der Waals surface area contributed by atoms with Gasteiger partial charge in [-0.3, -0.25) is 5.32 Å². The molecular formula is C17H28N2O4S. The fraction of sp³-hybridized carbons (Fsp3) is 0.647. The minimum Gasteiger partial charge on any atom is -0.465 e. The predicted molar refractivity (Wildman–Crippen MR) is 96.3 cm³/mol. The molecule has 7 heteroatoms. The molecule has 0 aliphatic carbocycles. The Morgan fingerprint density at radius 2 is 1.88 bits per heavy atom. The van der Waals surface area contributed by atoms with Crippen molar-refractivity contribution in [2.24, 2.45) is 0 Å². The highest BCUT2D eigenvalue weighted by atomic mass is 32.2. The number of ether oxygens (including phenoxy) is 2. The van der Waals surface area contributed by atoms with E-state index in [-0.39, 0.29) is 17.8 Å². The van der Waals surface area contributed by atoms with Crippen LogP contribution in [-0.4, -0.2) is 53.1 Å². The van der Waals surface area contributed by atoms with Gasteiger partial charge in [0.15, 0.2) is 9.84 Å². The number of nitrogens with zero attached hydrogens (tertiary/aromatic N) is 1. The Hall–Kier alpha value is -1.31. The molecule has 0 radical (unpaired) electrons. The van der Waals surface area contributed by atoms with Crippen LogP contribution in [0.1, 0.15) is 26.2 Å². The summed E-state index contributed by atoms with van der Waals surface area (Å²) in [5.41, 5.74) is 1.03. The van der Waals surface area contributed by atoms with E-state index in [1.165, 1.54) is 0 Å². The number of sulfone groups is 1. The fourth-order valence-electron chi connectivity index (χ4n) is 2.58. The van der Waals surface area contributed by atoms with Crippen LogP contribution in [0.25, 0.3) is 0 Å². The Morgan fingerprint density at radius 3 is 2.46 bits per heavy atom. The van der Waals surface area contributed by atoms with Crippen molar-refractivity contribution in [3.63, 3.8) is 0 Å². The van der Waals surface area contributed by atoms with E-state index in [9.17, 15) is 8.42 Å². The topological polar surface area (TPSA) is 67.9 Å². The Balaban J connectivity index is 1.92. The van der Waals surface area contributed by atoms with Crippen LogP contribution in [0.5, 0.6) is 5.75 Å². The molecule has 1 aliphatic heterocycles. The third-order valence-corrected chi connectivity index (χ3v) is 5.63. The van der Waals surface area contributed by atoms with Gasteiger partial charge in [0.25, 0.3) is 0 Å². The van der Waals surface area contributed by atoms with Crippen molar-refractivity contribution in [3.8, 4) is 5.75 Å². The van der Waals surface area contributed by atoms with Crippen LogP contribution in [0.3, 0.4) is 0 Å². The Morgan fingerprint density at radius 1 is 1.21 bits per heavy atom. The van der Waals surface area contributed by atoms with Crippen molar-refractivity contribution in [1.29, 1.82) is 0 Å². The monoisotopic (exact) mass is 356 g/mol. The molecule has 1 unspecified atom stereocenters. The molecule has 0 saturated carbocycles. The van der Waals surface area contributed by atoms with Gasteiger partial charge in [0.2, 0.25) is 6.29 Å². The van der Waals surface area contributed by atoms with E-state index < -0.39 is 9.84 Å². The second-order valence-corrected chi connectivity index (χ2v) is 8.29. The lowest BCUT2D eigenvalue weighted by molar-refractivity contribution is -0.0900. The normalized spacial score (nSPS) is 18.3. The Labute approximate surface area is 145 Å². The van der Waals surface area contributed by atoms with Crippen molar-refractivity contribution >= 4 is 15.5 Å². The van der Waals surface area contributed by atoms with E-state index in [0.29, 0.717) is 19.8 Å². The molecule has 0 bridgehead atoms. The molecule has 1 saturated heterocycles. The maximum absolute atomic E-state index is 11.5. The van der Waals surface area contributed by atoms with Gasteiger partial charge in [-0.15, -0.1) is 0 Å². The maximum atomic E-state index is 11.5. The van der Waals surface area contributed by atoms with Gasteiger partial charge in [-0.25, -0.2) is 8.42 Å². The fourth-order valence-corrected chi connectivity index (χ4v) is 3.78. The number of hydrogen-bond donors (Lipinski definition) is 1. The van der Waals surface area contributed by atoms with Gasteiger partial charge < -0.3 is 14.4 Å². The van der Waals surface area contributed by atoms with Crippen LogP contribution >= 0.6 is 0 Å². The van der Waals surface area contributed by atoms with Crippen LogP contribution in [0.4, 0.5) is 5.69 Å². The average molecular weight is 356 g/mol. The molecule has 6 nitrogen and oxygen atoms in total. The summed E-state index contributed by atoms with van der Waals surface area (Å²) < 4.78 is 34.6. The van der Waals surface area contributed by atoms with Gasteiger partial charge in [-0.05, 0) is 37.7 Å². The highest BCUT2D eigenvalue weighted by Gasteiger charge is 2.21. The van der Waals surface area contributed by atoms with Gasteiger partial charge in [0, 0.05) is 25.2 Å². The molecule has 1 aromatic carbocycles. The summed E-state index contributed by atoms with van der Waals surface area (Å²) in [4.78, 5) is 2.09. The summed E-state index contributed by atoms with van der Waals surface area (Å²) in [7, 11) is -1.02. The first-order valence-electron chi connectivity index (χ1n) is 8.52.